The summed E-state index contributed by atoms with van der Waals surface area (Å²) in [6.07, 6.45) is 0.784. The van der Waals surface area contributed by atoms with Crippen LogP contribution < -0.4 is 5.73 Å². The first-order valence-corrected chi connectivity index (χ1v) is 9.26. The quantitative estimate of drug-likeness (QED) is 0.846. The number of hydrogen-bond donors (Lipinski definition) is 1. The number of hydrogen-bond acceptors (Lipinski definition) is 4. The van der Waals surface area contributed by atoms with Crippen molar-refractivity contribution in [3.05, 3.63) is 23.5 Å². The summed E-state index contributed by atoms with van der Waals surface area (Å²) >= 11 is 1.78. The molecule has 0 atom stereocenters. The Hall–Kier alpha value is -0.790. The molecule has 0 saturated carbocycles. The number of nitrogens with two attached hydrogens (primary N) is 1. The molecule has 4 nitrogen and oxygen atoms in total. The molecule has 0 aromatic heterocycles. The van der Waals surface area contributed by atoms with Crippen LogP contribution in [0.4, 0.5) is 10.1 Å². The van der Waals surface area contributed by atoms with Crippen LogP contribution in [0.15, 0.2) is 17.0 Å². The summed E-state index contributed by atoms with van der Waals surface area (Å²) in [5, 5.41) is 0. The van der Waals surface area contributed by atoms with Gasteiger partial charge in [0.25, 0.3) is 0 Å². The maximum Gasteiger partial charge on any atom is 0.243 e. The van der Waals surface area contributed by atoms with Crippen molar-refractivity contribution in [1.29, 1.82) is 0 Å². The van der Waals surface area contributed by atoms with E-state index in [9.17, 15) is 12.8 Å². The van der Waals surface area contributed by atoms with E-state index in [0.29, 0.717) is 18.7 Å². The Morgan fingerprint density at radius 3 is 2.67 bits per heavy atom. The molecule has 21 heavy (non-hydrogen) atoms. The lowest BCUT2D eigenvalue weighted by atomic mass is 10.1. The molecule has 0 spiro atoms. The SMILES string of the molecule is Cc1cc(F)c(N)cc1S(=O)(=O)N1CCSC(C)(C)CC1. The monoisotopic (exact) mass is 332 g/mol. The summed E-state index contributed by atoms with van der Waals surface area (Å²) in [4.78, 5) is 0.103. The van der Waals surface area contributed by atoms with Crippen molar-refractivity contribution < 1.29 is 12.8 Å². The molecule has 7 heteroatoms. The number of aryl methyl sites for hydroxylation is 1. The van der Waals surface area contributed by atoms with Crippen molar-refractivity contribution in [2.45, 2.75) is 36.8 Å². The lowest BCUT2D eigenvalue weighted by molar-refractivity contribution is 0.415. The van der Waals surface area contributed by atoms with Crippen LogP contribution in [-0.2, 0) is 10.0 Å². The van der Waals surface area contributed by atoms with E-state index in [1.807, 2.05) is 0 Å². The highest BCUT2D eigenvalue weighted by molar-refractivity contribution is 8.00. The fourth-order valence-corrected chi connectivity index (χ4v) is 5.23. The number of sulfonamides is 1. The van der Waals surface area contributed by atoms with Crippen molar-refractivity contribution >= 4 is 27.5 Å². The second-order valence-electron chi connectivity index (χ2n) is 5.90. The molecular weight excluding hydrogens is 311 g/mol. The second-order valence-corrected chi connectivity index (χ2v) is 9.61. The Morgan fingerprint density at radius 2 is 2.00 bits per heavy atom. The predicted molar refractivity (Wildman–Crippen MR) is 85.5 cm³/mol. The van der Waals surface area contributed by atoms with Crippen LogP contribution in [0.5, 0.6) is 0 Å². The van der Waals surface area contributed by atoms with Crippen molar-refractivity contribution in [2.24, 2.45) is 0 Å². The van der Waals surface area contributed by atoms with E-state index in [-0.39, 0.29) is 15.3 Å². The topological polar surface area (TPSA) is 63.4 Å². The molecule has 1 saturated heterocycles. The van der Waals surface area contributed by atoms with Gasteiger partial charge >= 0.3 is 0 Å². The first kappa shape index (κ1) is 16.6. The molecule has 0 bridgehead atoms. The number of benzene rings is 1. The van der Waals surface area contributed by atoms with Gasteiger partial charge in [-0.15, -0.1) is 0 Å². The van der Waals surface area contributed by atoms with E-state index in [1.54, 1.807) is 18.7 Å². The second kappa shape index (κ2) is 5.78. The zero-order chi connectivity index (χ0) is 15.8. The third kappa shape index (κ3) is 3.52. The molecule has 1 aromatic rings. The zero-order valence-electron chi connectivity index (χ0n) is 12.5. The molecule has 0 aliphatic carbocycles. The summed E-state index contributed by atoms with van der Waals surface area (Å²) < 4.78 is 40.5. The molecule has 1 aliphatic rings. The summed E-state index contributed by atoms with van der Waals surface area (Å²) in [6, 6.07) is 2.40. The van der Waals surface area contributed by atoms with Crippen molar-refractivity contribution in [3.63, 3.8) is 0 Å². The fraction of sp³-hybridized carbons (Fsp3) is 0.571. The smallest absolute Gasteiger partial charge is 0.243 e. The van der Waals surface area contributed by atoms with Gasteiger partial charge in [-0.3, -0.25) is 0 Å². The molecule has 2 rings (SSSR count). The highest BCUT2D eigenvalue weighted by Gasteiger charge is 2.32. The van der Waals surface area contributed by atoms with Crippen LogP contribution in [0.1, 0.15) is 25.8 Å². The Balaban J connectivity index is 2.36. The third-order valence-corrected chi connectivity index (χ3v) is 7.12. The minimum atomic E-state index is -3.63. The number of nitrogens with zero attached hydrogens (tertiary/aromatic N) is 1. The Labute approximate surface area is 129 Å². The van der Waals surface area contributed by atoms with E-state index in [4.69, 9.17) is 5.73 Å². The van der Waals surface area contributed by atoms with E-state index >= 15 is 0 Å². The van der Waals surface area contributed by atoms with Gasteiger partial charge in [-0.2, -0.15) is 16.1 Å². The minimum Gasteiger partial charge on any atom is -0.396 e. The minimum absolute atomic E-state index is 0.0706. The van der Waals surface area contributed by atoms with Gasteiger partial charge < -0.3 is 5.73 Å². The normalized spacial score (nSPS) is 20.2. The van der Waals surface area contributed by atoms with Gasteiger partial charge in [-0.05, 0) is 31.0 Å². The average Bonchev–Trinajstić information content (AvgIpc) is 2.55. The first-order chi connectivity index (χ1) is 9.63. The molecule has 0 radical (unpaired) electrons. The largest absolute Gasteiger partial charge is 0.396 e. The number of nitrogen functional groups attached to an aromatic ring is 1. The molecule has 1 aliphatic heterocycles. The summed E-state index contributed by atoms with van der Waals surface area (Å²) in [5.74, 6) is 0.168. The third-order valence-electron chi connectivity index (χ3n) is 3.71. The van der Waals surface area contributed by atoms with Gasteiger partial charge in [0.15, 0.2) is 0 Å². The molecule has 1 fully saturated rings. The molecule has 118 valence electrons. The maximum absolute atomic E-state index is 13.4. The standard InChI is InChI=1S/C14H21FN2O2S2/c1-10-8-11(15)12(16)9-13(10)21(18,19)17-5-4-14(2,3)20-7-6-17/h8-9H,4-7,16H2,1-3H3. The molecule has 2 N–H and O–H groups in total. The Morgan fingerprint density at radius 1 is 1.33 bits per heavy atom. The molecule has 0 amide bonds. The summed E-state index contributed by atoms with van der Waals surface area (Å²) in [7, 11) is -3.63. The fourth-order valence-electron chi connectivity index (χ4n) is 2.33. The molecule has 0 unspecified atom stereocenters. The number of anilines is 1. The zero-order valence-corrected chi connectivity index (χ0v) is 14.2. The molecular formula is C14H21FN2O2S2. The first-order valence-electron chi connectivity index (χ1n) is 6.83. The van der Waals surface area contributed by atoms with Crippen molar-refractivity contribution in [1.82, 2.24) is 4.31 Å². The van der Waals surface area contributed by atoms with Crippen LogP contribution in [0.2, 0.25) is 0 Å². The Kier molecular flexibility index (Phi) is 4.56. The van der Waals surface area contributed by atoms with Crippen LogP contribution in [0.3, 0.4) is 0 Å². The summed E-state index contributed by atoms with van der Waals surface area (Å²) in [6.45, 7) is 6.77. The number of rotatable bonds is 2. The lowest BCUT2D eigenvalue weighted by Crippen LogP contribution is -2.34. The van der Waals surface area contributed by atoms with Crippen molar-refractivity contribution in [2.75, 3.05) is 24.6 Å². The molecule has 1 heterocycles. The average molecular weight is 332 g/mol. The summed E-state index contributed by atoms with van der Waals surface area (Å²) in [5.41, 5.74) is 5.78. The van der Waals surface area contributed by atoms with Crippen LogP contribution >= 0.6 is 11.8 Å². The maximum atomic E-state index is 13.4. The highest BCUT2D eigenvalue weighted by Crippen LogP contribution is 2.33. The van der Waals surface area contributed by atoms with E-state index in [1.165, 1.54) is 16.4 Å². The Bertz CT molecular complexity index is 645. The van der Waals surface area contributed by atoms with Gasteiger partial charge in [0.1, 0.15) is 5.82 Å². The van der Waals surface area contributed by atoms with Crippen LogP contribution in [0.25, 0.3) is 0 Å². The number of thioether (sulfide) groups is 1. The van der Waals surface area contributed by atoms with Gasteiger partial charge in [-0.25, -0.2) is 12.8 Å². The van der Waals surface area contributed by atoms with Gasteiger partial charge in [0.2, 0.25) is 10.0 Å². The van der Waals surface area contributed by atoms with E-state index in [2.05, 4.69) is 13.8 Å². The van der Waals surface area contributed by atoms with E-state index < -0.39 is 15.8 Å². The predicted octanol–water partition coefficient (Wildman–Crippen LogP) is 2.62. The van der Waals surface area contributed by atoms with Gasteiger partial charge in [0.05, 0.1) is 10.6 Å². The molecule has 1 aromatic carbocycles. The van der Waals surface area contributed by atoms with Crippen molar-refractivity contribution in [3.8, 4) is 0 Å². The highest BCUT2D eigenvalue weighted by atomic mass is 32.2. The van der Waals surface area contributed by atoms with Crippen LogP contribution in [-0.4, -0.2) is 36.3 Å². The van der Waals surface area contributed by atoms with Gasteiger partial charge in [-0.1, -0.05) is 13.8 Å². The van der Waals surface area contributed by atoms with Gasteiger partial charge in [0, 0.05) is 23.6 Å². The van der Waals surface area contributed by atoms with Crippen LogP contribution in [0, 0.1) is 12.7 Å². The van der Waals surface area contributed by atoms with E-state index in [0.717, 1.165) is 12.2 Å². The lowest BCUT2D eigenvalue weighted by Gasteiger charge is -2.23. The number of halogens is 1.